The van der Waals surface area contributed by atoms with Gasteiger partial charge in [-0.25, -0.2) is 0 Å². The van der Waals surface area contributed by atoms with E-state index in [0.29, 0.717) is 11.2 Å². The molecular weight excluding hydrogens is 254 g/mol. The average Bonchev–Trinajstić information content (AvgIpc) is 3.23. The number of methoxy groups -OCH3 is 2. The standard InChI is InChI=1S/C16H25NO3/c1-12(14-5-4-13(20-3)10-15(14)18)17-11-16(6-7-16)8-9-19-2/h4-5,10,12,17-18H,6-9,11H2,1-3H3. The Labute approximate surface area is 121 Å². The Balaban J connectivity index is 1.90. The van der Waals surface area contributed by atoms with E-state index >= 15 is 0 Å². The molecular formula is C16H25NO3. The van der Waals surface area contributed by atoms with E-state index < -0.39 is 0 Å². The Morgan fingerprint density at radius 1 is 1.35 bits per heavy atom. The van der Waals surface area contributed by atoms with Crippen LogP contribution in [0.2, 0.25) is 0 Å². The van der Waals surface area contributed by atoms with Crippen molar-refractivity contribution >= 4 is 0 Å². The minimum absolute atomic E-state index is 0.126. The molecule has 0 aliphatic heterocycles. The average molecular weight is 279 g/mol. The second kappa shape index (κ2) is 6.46. The highest BCUT2D eigenvalue weighted by atomic mass is 16.5. The van der Waals surface area contributed by atoms with Gasteiger partial charge < -0.3 is 19.9 Å². The number of benzene rings is 1. The highest BCUT2D eigenvalue weighted by Crippen LogP contribution is 2.48. The largest absolute Gasteiger partial charge is 0.507 e. The minimum atomic E-state index is 0.126. The molecule has 0 bridgehead atoms. The van der Waals surface area contributed by atoms with Gasteiger partial charge in [0.05, 0.1) is 7.11 Å². The van der Waals surface area contributed by atoms with Crippen LogP contribution in [0.3, 0.4) is 0 Å². The predicted molar refractivity (Wildman–Crippen MR) is 79.2 cm³/mol. The summed E-state index contributed by atoms with van der Waals surface area (Å²) < 4.78 is 10.3. The number of nitrogens with one attached hydrogen (secondary N) is 1. The Kier molecular flexibility index (Phi) is 4.89. The predicted octanol–water partition coefficient (Wildman–Crippen LogP) is 2.87. The smallest absolute Gasteiger partial charge is 0.124 e. The van der Waals surface area contributed by atoms with Crippen molar-refractivity contribution in [2.24, 2.45) is 5.41 Å². The second-order valence-corrected chi connectivity index (χ2v) is 5.77. The van der Waals surface area contributed by atoms with E-state index in [1.807, 2.05) is 12.1 Å². The van der Waals surface area contributed by atoms with Crippen LogP contribution in [0.15, 0.2) is 18.2 Å². The topological polar surface area (TPSA) is 50.7 Å². The number of phenols is 1. The van der Waals surface area contributed by atoms with Crippen LogP contribution >= 0.6 is 0 Å². The number of aromatic hydroxyl groups is 1. The number of phenolic OH excluding ortho intramolecular Hbond substituents is 1. The fourth-order valence-electron chi connectivity index (χ4n) is 2.51. The highest BCUT2D eigenvalue weighted by Gasteiger charge is 2.41. The molecule has 1 fully saturated rings. The maximum absolute atomic E-state index is 10.0. The van der Waals surface area contributed by atoms with Gasteiger partial charge in [-0.15, -0.1) is 0 Å². The first kappa shape index (κ1) is 15.1. The maximum Gasteiger partial charge on any atom is 0.124 e. The zero-order valence-corrected chi connectivity index (χ0v) is 12.6. The van der Waals surface area contributed by atoms with Crippen LogP contribution in [0.5, 0.6) is 11.5 Å². The van der Waals surface area contributed by atoms with Gasteiger partial charge in [0.25, 0.3) is 0 Å². The quantitative estimate of drug-likeness (QED) is 0.768. The SMILES string of the molecule is COCCC1(CNC(C)c2ccc(OC)cc2O)CC1. The van der Waals surface area contributed by atoms with Crippen LogP contribution in [0.1, 0.15) is 37.8 Å². The van der Waals surface area contributed by atoms with Gasteiger partial charge in [-0.05, 0) is 37.7 Å². The summed E-state index contributed by atoms with van der Waals surface area (Å²) >= 11 is 0. The van der Waals surface area contributed by atoms with Gasteiger partial charge in [0.1, 0.15) is 11.5 Å². The third kappa shape index (κ3) is 3.64. The molecule has 0 spiro atoms. The van der Waals surface area contributed by atoms with Crippen molar-refractivity contribution in [3.05, 3.63) is 23.8 Å². The fraction of sp³-hybridized carbons (Fsp3) is 0.625. The van der Waals surface area contributed by atoms with Crippen LogP contribution in [-0.4, -0.2) is 32.5 Å². The summed E-state index contributed by atoms with van der Waals surface area (Å²) in [6, 6.07) is 5.58. The number of ether oxygens (including phenoxy) is 2. The van der Waals surface area contributed by atoms with Crippen LogP contribution in [0.25, 0.3) is 0 Å². The van der Waals surface area contributed by atoms with E-state index in [9.17, 15) is 5.11 Å². The summed E-state index contributed by atoms with van der Waals surface area (Å²) in [5, 5.41) is 13.6. The highest BCUT2D eigenvalue weighted by molar-refractivity contribution is 5.41. The molecule has 0 radical (unpaired) electrons. The molecule has 112 valence electrons. The van der Waals surface area contributed by atoms with Gasteiger partial charge in [-0.3, -0.25) is 0 Å². The number of hydrogen-bond acceptors (Lipinski definition) is 4. The van der Waals surface area contributed by atoms with E-state index in [1.54, 1.807) is 20.3 Å². The molecule has 1 aliphatic carbocycles. The van der Waals surface area contributed by atoms with Crippen molar-refractivity contribution in [3.8, 4) is 11.5 Å². The summed E-state index contributed by atoms with van der Waals surface area (Å²) in [5.74, 6) is 0.961. The normalized spacial score (nSPS) is 17.8. The van der Waals surface area contributed by atoms with Crippen molar-refractivity contribution in [1.29, 1.82) is 0 Å². The van der Waals surface area contributed by atoms with Crippen molar-refractivity contribution < 1.29 is 14.6 Å². The molecule has 1 aliphatic rings. The third-order valence-corrected chi connectivity index (χ3v) is 4.28. The summed E-state index contributed by atoms with van der Waals surface area (Å²) in [7, 11) is 3.35. The van der Waals surface area contributed by atoms with Gasteiger partial charge in [0.15, 0.2) is 0 Å². The summed E-state index contributed by atoms with van der Waals surface area (Å²) in [5.41, 5.74) is 1.32. The van der Waals surface area contributed by atoms with Gasteiger partial charge in [-0.2, -0.15) is 0 Å². The number of rotatable bonds is 8. The zero-order valence-electron chi connectivity index (χ0n) is 12.6. The van der Waals surface area contributed by atoms with Gasteiger partial charge in [-0.1, -0.05) is 6.07 Å². The summed E-state index contributed by atoms with van der Waals surface area (Å²) in [6.45, 7) is 3.88. The van der Waals surface area contributed by atoms with Crippen LogP contribution < -0.4 is 10.1 Å². The van der Waals surface area contributed by atoms with E-state index in [2.05, 4.69) is 12.2 Å². The molecule has 4 nitrogen and oxygen atoms in total. The Morgan fingerprint density at radius 3 is 2.65 bits per heavy atom. The van der Waals surface area contributed by atoms with Crippen molar-refractivity contribution in [1.82, 2.24) is 5.32 Å². The van der Waals surface area contributed by atoms with E-state index in [0.717, 1.165) is 25.1 Å². The monoisotopic (exact) mass is 279 g/mol. The Morgan fingerprint density at radius 2 is 2.10 bits per heavy atom. The molecule has 0 amide bonds. The first-order valence-electron chi connectivity index (χ1n) is 7.19. The molecule has 1 unspecified atom stereocenters. The molecule has 0 saturated heterocycles. The van der Waals surface area contributed by atoms with Crippen LogP contribution in [0.4, 0.5) is 0 Å². The lowest BCUT2D eigenvalue weighted by Crippen LogP contribution is -2.27. The molecule has 1 saturated carbocycles. The zero-order chi connectivity index (χ0) is 14.6. The van der Waals surface area contributed by atoms with Crippen LogP contribution in [-0.2, 0) is 4.74 Å². The minimum Gasteiger partial charge on any atom is -0.507 e. The van der Waals surface area contributed by atoms with E-state index in [4.69, 9.17) is 9.47 Å². The Bertz CT molecular complexity index is 443. The summed E-state index contributed by atoms with van der Waals surface area (Å²) in [6.07, 6.45) is 3.65. The Hall–Kier alpha value is -1.26. The molecule has 1 aromatic rings. The lowest BCUT2D eigenvalue weighted by molar-refractivity contribution is 0.170. The molecule has 0 heterocycles. The first-order chi connectivity index (χ1) is 9.60. The molecule has 2 rings (SSSR count). The molecule has 20 heavy (non-hydrogen) atoms. The number of hydrogen-bond donors (Lipinski definition) is 2. The van der Waals surface area contributed by atoms with Gasteiger partial charge in [0.2, 0.25) is 0 Å². The second-order valence-electron chi connectivity index (χ2n) is 5.77. The van der Waals surface area contributed by atoms with Crippen molar-refractivity contribution in [2.45, 2.75) is 32.2 Å². The maximum atomic E-state index is 10.0. The lowest BCUT2D eigenvalue weighted by Gasteiger charge is -2.21. The molecule has 4 heteroatoms. The first-order valence-corrected chi connectivity index (χ1v) is 7.19. The van der Waals surface area contributed by atoms with Gasteiger partial charge in [0, 0.05) is 37.9 Å². The lowest BCUT2D eigenvalue weighted by atomic mass is 10.0. The molecule has 1 atom stereocenters. The fourth-order valence-corrected chi connectivity index (χ4v) is 2.51. The molecule has 1 aromatic carbocycles. The van der Waals surface area contributed by atoms with Crippen LogP contribution in [0, 0.1) is 5.41 Å². The van der Waals surface area contributed by atoms with Crippen molar-refractivity contribution in [2.75, 3.05) is 27.4 Å². The van der Waals surface area contributed by atoms with E-state index in [1.165, 1.54) is 12.8 Å². The molecule has 2 N–H and O–H groups in total. The van der Waals surface area contributed by atoms with Crippen molar-refractivity contribution in [3.63, 3.8) is 0 Å². The summed E-state index contributed by atoms with van der Waals surface area (Å²) in [4.78, 5) is 0. The third-order valence-electron chi connectivity index (χ3n) is 4.28. The van der Waals surface area contributed by atoms with E-state index in [-0.39, 0.29) is 11.8 Å². The molecule has 0 aromatic heterocycles. The van der Waals surface area contributed by atoms with Gasteiger partial charge >= 0.3 is 0 Å².